The number of aromatic nitrogens is 1. The van der Waals surface area contributed by atoms with Crippen LogP contribution in [0.4, 0.5) is 4.79 Å². The molecule has 0 aromatic carbocycles. The number of methoxy groups -OCH3 is 1. The minimum absolute atomic E-state index is 0.283. The van der Waals surface area contributed by atoms with E-state index in [2.05, 4.69) is 15.0 Å². The summed E-state index contributed by atoms with van der Waals surface area (Å²) in [5.41, 5.74) is -0.273. The molecule has 1 atom stereocenters. The molecular weight excluding hydrogens is 280 g/mol. The normalized spacial score (nSPS) is 12.7. The van der Waals surface area contributed by atoms with Crippen molar-refractivity contribution in [3.05, 3.63) is 15.6 Å². The molecule has 1 rings (SSSR count). The summed E-state index contributed by atoms with van der Waals surface area (Å²) in [6.45, 7) is 8.94. The van der Waals surface area contributed by atoms with E-state index in [9.17, 15) is 9.59 Å². The van der Waals surface area contributed by atoms with Crippen molar-refractivity contribution in [2.75, 3.05) is 7.11 Å². The first kappa shape index (κ1) is 16.4. The Kier molecular flexibility index (Phi) is 5.10. The van der Waals surface area contributed by atoms with E-state index in [0.29, 0.717) is 5.01 Å². The molecule has 1 aromatic rings. The average Bonchev–Trinajstić information content (AvgIpc) is 2.67. The second-order valence-electron chi connectivity index (χ2n) is 5.32. The minimum Gasteiger partial charge on any atom is -0.464 e. The highest BCUT2D eigenvalue weighted by atomic mass is 32.1. The minimum atomic E-state index is -0.556. The van der Waals surface area contributed by atoms with Gasteiger partial charge in [0, 0.05) is 4.88 Å². The van der Waals surface area contributed by atoms with Crippen LogP contribution in [0.25, 0.3) is 0 Å². The summed E-state index contributed by atoms with van der Waals surface area (Å²) in [6, 6.07) is -0.341. The Labute approximate surface area is 122 Å². The molecule has 0 radical (unpaired) electrons. The van der Waals surface area contributed by atoms with Crippen LogP contribution >= 0.6 is 11.3 Å². The molecule has 0 aliphatic rings. The molecule has 0 unspecified atom stereocenters. The highest BCUT2D eigenvalue weighted by Gasteiger charge is 2.22. The largest absolute Gasteiger partial charge is 0.464 e. The first-order valence-corrected chi connectivity index (χ1v) is 7.01. The smallest absolute Gasteiger partial charge is 0.408 e. The Balaban J connectivity index is 2.76. The van der Waals surface area contributed by atoms with E-state index in [1.165, 1.54) is 18.4 Å². The molecule has 1 aromatic heterocycles. The third kappa shape index (κ3) is 4.48. The number of nitrogens with one attached hydrogen (secondary N) is 1. The quantitative estimate of drug-likeness (QED) is 0.868. The van der Waals surface area contributed by atoms with Crippen LogP contribution in [-0.4, -0.2) is 29.8 Å². The van der Waals surface area contributed by atoms with E-state index in [4.69, 9.17) is 4.74 Å². The van der Waals surface area contributed by atoms with Gasteiger partial charge in [-0.25, -0.2) is 14.6 Å². The van der Waals surface area contributed by atoms with Gasteiger partial charge >= 0.3 is 12.1 Å². The summed E-state index contributed by atoms with van der Waals surface area (Å²) >= 11 is 1.34. The van der Waals surface area contributed by atoms with Crippen LogP contribution in [0.2, 0.25) is 0 Å². The predicted molar refractivity (Wildman–Crippen MR) is 76.0 cm³/mol. The molecule has 112 valence electrons. The van der Waals surface area contributed by atoms with E-state index in [1.54, 1.807) is 34.6 Å². The SMILES string of the molecule is COC(=O)c1nc([C@H](C)NC(=O)OC(C)(C)C)sc1C. The Morgan fingerprint density at radius 3 is 2.45 bits per heavy atom. The van der Waals surface area contributed by atoms with Crippen molar-refractivity contribution in [3.8, 4) is 0 Å². The molecule has 0 spiro atoms. The summed E-state index contributed by atoms with van der Waals surface area (Å²) in [5, 5.41) is 3.32. The second kappa shape index (κ2) is 6.21. The molecular formula is C13H20N2O4S. The lowest BCUT2D eigenvalue weighted by Crippen LogP contribution is -2.34. The van der Waals surface area contributed by atoms with E-state index in [1.807, 2.05) is 0 Å². The standard InChI is InChI=1S/C13H20N2O4S/c1-7(14-12(17)19-13(3,4)5)10-15-9(8(2)20-10)11(16)18-6/h7H,1-6H3,(H,14,17)/t7-/m0/s1. The number of carbonyl (C=O) groups excluding carboxylic acids is 2. The lowest BCUT2D eigenvalue weighted by molar-refractivity contribution is 0.0507. The maximum Gasteiger partial charge on any atom is 0.408 e. The zero-order valence-corrected chi connectivity index (χ0v) is 13.4. The fourth-order valence-corrected chi connectivity index (χ4v) is 2.35. The van der Waals surface area contributed by atoms with Gasteiger partial charge < -0.3 is 14.8 Å². The van der Waals surface area contributed by atoms with Gasteiger partial charge in [-0.3, -0.25) is 0 Å². The van der Waals surface area contributed by atoms with Crippen LogP contribution in [0, 0.1) is 6.92 Å². The second-order valence-corrected chi connectivity index (χ2v) is 6.55. The van der Waals surface area contributed by atoms with Crippen LogP contribution in [0.15, 0.2) is 0 Å². The van der Waals surface area contributed by atoms with Gasteiger partial charge in [0.15, 0.2) is 5.69 Å². The fourth-order valence-electron chi connectivity index (χ4n) is 1.43. The van der Waals surface area contributed by atoms with Gasteiger partial charge in [0.25, 0.3) is 0 Å². The summed E-state index contributed by atoms with van der Waals surface area (Å²) in [5.74, 6) is -0.477. The molecule has 0 fully saturated rings. The van der Waals surface area contributed by atoms with Gasteiger partial charge in [0.1, 0.15) is 10.6 Å². The lowest BCUT2D eigenvalue weighted by Gasteiger charge is -2.21. The number of ether oxygens (including phenoxy) is 2. The molecule has 0 saturated heterocycles. The van der Waals surface area contributed by atoms with Crippen LogP contribution in [0.1, 0.15) is 54.1 Å². The highest BCUT2D eigenvalue weighted by Crippen LogP contribution is 2.24. The number of nitrogens with zero attached hydrogens (tertiary/aromatic N) is 1. The summed E-state index contributed by atoms with van der Waals surface area (Å²) in [4.78, 5) is 28.1. The molecule has 6 nitrogen and oxygen atoms in total. The number of rotatable bonds is 3. The molecule has 0 saturated carbocycles. The number of hydrogen-bond acceptors (Lipinski definition) is 6. The maximum atomic E-state index is 11.7. The number of hydrogen-bond donors (Lipinski definition) is 1. The Hall–Kier alpha value is -1.63. The average molecular weight is 300 g/mol. The monoisotopic (exact) mass is 300 g/mol. The van der Waals surface area contributed by atoms with Crippen LogP contribution < -0.4 is 5.32 Å². The first-order valence-electron chi connectivity index (χ1n) is 6.19. The van der Waals surface area contributed by atoms with Crippen molar-refractivity contribution in [3.63, 3.8) is 0 Å². The zero-order valence-electron chi connectivity index (χ0n) is 12.6. The van der Waals surface area contributed by atoms with Crippen molar-refractivity contribution >= 4 is 23.4 Å². The van der Waals surface area contributed by atoms with E-state index < -0.39 is 17.7 Å². The Morgan fingerprint density at radius 2 is 1.95 bits per heavy atom. The van der Waals surface area contributed by atoms with E-state index >= 15 is 0 Å². The lowest BCUT2D eigenvalue weighted by atomic mass is 10.2. The van der Waals surface area contributed by atoms with Crippen molar-refractivity contribution in [1.29, 1.82) is 0 Å². The van der Waals surface area contributed by atoms with Crippen LogP contribution in [0.5, 0.6) is 0 Å². The van der Waals surface area contributed by atoms with Crippen molar-refractivity contribution in [2.45, 2.75) is 46.3 Å². The number of alkyl carbamates (subject to hydrolysis) is 1. The maximum absolute atomic E-state index is 11.7. The van der Waals surface area contributed by atoms with Gasteiger partial charge in [0.05, 0.1) is 13.2 Å². The zero-order chi connectivity index (χ0) is 15.5. The third-order valence-electron chi connectivity index (χ3n) is 2.30. The van der Waals surface area contributed by atoms with Gasteiger partial charge in [-0.05, 0) is 34.6 Å². The number of aryl methyl sites for hydroxylation is 1. The topological polar surface area (TPSA) is 77.5 Å². The Morgan fingerprint density at radius 1 is 1.35 bits per heavy atom. The fraction of sp³-hybridized carbons (Fsp3) is 0.615. The highest BCUT2D eigenvalue weighted by molar-refractivity contribution is 7.11. The molecule has 0 aliphatic heterocycles. The first-order chi connectivity index (χ1) is 9.14. The molecule has 7 heteroatoms. The van der Waals surface area contributed by atoms with Crippen LogP contribution in [-0.2, 0) is 9.47 Å². The van der Waals surface area contributed by atoms with E-state index in [-0.39, 0.29) is 11.7 Å². The molecule has 1 amide bonds. The summed E-state index contributed by atoms with van der Waals surface area (Å²) < 4.78 is 9.82. The van der Waals surface area contributed by atoms with E-state index in [0.717, 1.165) is 4.88 Å². The van der Waals surface area contributed by atoms with Crippen molar-refractivity contribution in [2.24, 2.45) is 0 Å². The number of thiazole rings is 1. The van der Waals surface area contributed by atoms with Gasteiger partial charge in [-0.1, -0.05) is 0 Å². The van der Waals surface area contributed by atoms with Crippen molar-refractivity contribution in [1.82, 2.24) is 10.3 Å². The number of carbonyl (C=O) groups is 2. The van der Waals surface area contributed by atoms with Crippen molar-refractivity contribution < 1.29 is 19.1 Å². The molecule has 0 bridgehead atoms. The van der Waals surface area contributed by atoms with Gasteiger partial charge in [-0.2, -0.15) is 0 Å². The van der Waals surface area contributed by atoms with Gasteiger partial charge in [0.2, 0.25) is 0 Å². The molecule has 1 heterocycles. The predicted octanol–water partition coefficient (Wildman–Crippen LogP) is 2.82. The van der Waals surface area contributed by atoms with Gasteiger partial charge in [-0.15, -0.1) is 11.3 Å². The van der Waals surface area contributed by atoms with Crippen LogP contribution in [0.3, 0.4) is 0 Å². The summed E-state index contributed by atoms with van der Waals surface area (Å²) in [7, 11) is 1.31. The number of amides is 1. The molecule has 1 N–H and O–H groups in total. The molecule has 20 heavy (non-hydrogen) atoms. The summed E-state index contributed by atoms with van der Waals surface area (Å²) in [6.07, 6.45) is -0.516. The Bertz CT molecular complexity index is 505. The molecule has 0 aliphatic carbocycles. The third-order valence-corrected chi connectivity index (χ3v) is 3.45. The number of esters is 1.